The Morgan fingerprint density at radius 1 is 1.08 bits per heavy atom. The molecule has 0 saturated carbocycles. The van der Waals surface area contributed by atoms with Gasteiger partial charge in [-0.1, -0.05) is 48.0 Å². The first-order chi connectivity index (χ1) is 12.4. The van der Waals surface area contributed by atoms with E-state index in [1.165, 1.54) is 19.2 Å². The third kappa shape index (κ3) is 5.92. The number of methoxy groups -OCH3 is 1. The van der Waals surface area contributed by atoms with Gasteiger partial charge in [0.25, 0.3) is 10.1 Å². The van der Waals surface area contributed by atoms with Crippen LogP contribution in [0.3, 0.4) is 0 Å². The quantitative estimate of drug-likeness (QED) is 0.405. The minimum Gasteiger partial charge on any atom is -0.468 e. The molecule has 2 aromatic carbocycles. The molecule has 0 aromatic heterocycles. The van der Waals surface area contributed by atoms with Gasteiger partial charge in [-0.25, -0.2) is 0 Å². The number of ether oxygens (including phenoxy) is 1. The molecule has 1 atom stereocenters. The van der Waals surface area contributed by atoms with Crippen molar-refractivity contribution in [3.8, 4) is 0 Å². The van der Waals surface area contributed by atoms with Gasteiger partial charge in [0.1, 0.15) is 0 Å². The Kier molecular flexibility index (Phi) is 7.28. The summed E-state index contributed by atoms with van der Waals surface area (Å²) in [6, 6.07) is 14.4. The first-order valence-electron chi connectivity index (χ1n) is 7.87. The summed E-state index contributed by atoms with van der Waals surface area (Å²) in [6.45, 7) is 1.58. The summed E-state index contributed by atoms with van der Waals surface area (Å²) in [7, 11) is -2.80. The van der Waals surface area contributed by atoms with E-state index in [0.717, 1.165) is 11.1 Å². The molecule has 0 aliphatic heterocycles. The second kappa shape index (κ2) is 9.44. The molecule has 0 aliphatic carbocycles. The number of carbonyl (C=O) groups is 1. The van der Waals surface area contributed by atoms with E-state index >= 15 is 0 Å². The molecule has 0 spiro atoms. The molecule has 0 radical (unpaired) electrons. The van der Waals surface area contributed by atoms with E-state index in [1.54, 1.807) is 12.1 Å². The largest absolute Gasteiger partial charge is 0.468 e. The van der Waals surface area contributed by atoms with E-state index in [1.807, 2.05) is 37.3 Å². The molecule has 0 fully saturated rings. The van der Waals surface area contributed by atoms with Gasteiger partial charge in [-0.15, -0.1) is 0 Å². The maximum Gasteiger partial charge on any atom is 0.327 e. The Morgan fingerprint density at radius 2 is 1.73 bits per heavy atom. The zero-order chi connectivity index (χ0) is 19.0. The molecule has 2 aromatic rings. The minimum atomic E-state index is -3.99. The average molecular weight is 379 g/mol. The number of hydroxylamine groups is 1. The summed E-state index contributed by atoms with van der Waals surface area (Å²) in [5.74, 6) is -0.697. The van der Waals surface area contributed by atoms with Crippen LogP contribution in [0.1, 0.15) is 11.1 Å². The number of hydrogen-bond acceptors (Lipinski definition) is 7. The number of rotatable bonds is 9. The van der Waals surface area contributed by atoms with Crippen molar-refractivity contribution in [2.24, 2.45) is 0 Å². The van der Waals surface area contributed by atoms with E-state index in [2.05, 4.69) is 10.2 Å². The maximum atomic E-state index is 12.2. The lowest BCUT2D eigenvalue weighted by atomic mass is 10.2. The van der Waals surface area contributed by atoms with Crippen LogP contribution in [-0.4, -0.2) is 34.1 Å². The highest BCUT2D eigenvalue weighted by atomic mass is 32.2. The lowest BCUT2D eigenvalue weighted by molar-refractivity contribution is -0.149. The highest BCUT2D eigenvalue weighted by Crippen LogP contribution is 2.13. The van der Waals surface area contributed by atoms with Crippen molar-refractivity contribution in [3.63, 3.8) is 0 Å². The molecule has 0 saturated heterocycles. The van der Waals surface area contributed by atoms with Crippen LogP contribution >= 0.6 is 0 Å². The van der Waals surface area contributed by atoms with Crippen LogP contribution in [0, 0.1) is 6.92 Å². The number of hydrogen-bond donors (Lipinski definition) is 1. The van der Waals surface area contributed by atoms with E-state index in [4.69, 9.17) is 9.02 Å². The Morgan fingerprint density at radius 3 is 2.35 bits per heavy atom. The summed E-state index contributed by atoms with van der Waals surface area (Å²) in [5, 5.41) is 0. The van der Waals surface area contributed by atoms with Gasteiger partial charge < -0.3 is 4.74 Å². The topological polar surface area (TPSA) is 90.9 Å². The summed E-state index contributed by atoms with van der Waals surface area (Å²) in [4.78, 5) is 17.1. The Hall–Kier alpha value is -2.26. The van der Waals surface area contributed by atoms with Gasteiger partial charge in [0.05, 0.1) is 25.2 Å². The summed E-state index contributed by atoms with van der Waals surface area (Å²) in [5.41, 5.74) is 4.30. The average Bonchev–Trinajstić information content (AvgIpc) is 2.65. The Balaban J connectivity index is 1.94. The summed E-state index contributed by atoms with van der Waals surface area (Å²) >= 11 is 0. The molecule has 0 heterocycles. The molecule has 7 nitrogen and oxygen atoms in total. The standard InChI is InChI=1S/C18H21NO6S/c1-14-8-10-16(11-9-14)26(21,22)25-13-17(18(20)23-2)19-24-12-15-6-4-3-5-7-15/h3-11,17,19H,12-13H2,1-2H3/t17-/m0/s1. The van der Waals surface area contributed by atoms with Crippen molar-refractivity contribution in [3.05, 3.63) is 65.7 Å². The predicted octanol–water partition coefficient (Wildman–Crippen LogP) is 1.96. The fourth-order valence-corrected chi connectivity index (χ4v) is 2.94. The third-order valence-corrected chi connectivity index (χ3v) is 4.79. The fraction of sp³-hybridized carbons (Fsp3) is 0.278. The van der Waals surface area contributed by atoms with Gasteiger partial charge >= 0.3 is 5.97 Å². The molecule has 2 rings (SSSR count). The van der Waals surface area contributed by atoms with Crippen LogP contribution in [0.25, 0.3) is 0 Å². The van der Waals surface area contributed by atoms with E-state index in [-0.39, 0.29) is 11.5 Å². The predicted molar refractivity (Wildman–Crippen MR) is 94.5 cm³/mol. The zero-order valence-corrected chi connectivity index (χ0v) is 15.4. The van der Waals surface area contributed by atoms with Gasteiger partial charge in [-0.3, -0.25) is 13.8 Å². The van der Waals surface area contributed by atoms with Crippen LogP contribution in [0.15, 0.2) is 59.5 Å². The van der Waals surface area contributed by atoms with Gasteiger partial charge in [0, 0.05) is 0 Å². The molecule has 0 unspecified atom stereocenters. The molecule has 0 bridgehead atoms. The van der Waals surface area contributed by atoms with E-state index in [9.17, 15) is 13.2 Å². The molecule has 1 N–H and O–H groups in total. The fourth-order valence-electron chi connectivity index (χ4n) is 2.02. The second-order valence-corrected chi connectivity index (χ2v) is 7.13. The second-order valence-electron chi connectivity index (χ2n) is 5.52. The number of nitrogens with one attached hydrogen (secondary N) is 1. The van der Waals surface area contributed by atoms with Crippen LogP contribution < -0.4 is 5.48 Å². The molecule has 140 valence electrons. The number of benzene rings is 2. The number of aryl methyl sites for hydroxylation is 1. The van der Waals surface area contributed by atoms with E-state index in [0.29, 0.717) is 0 Å². The molecule has 26 heavy (non-hydrogen) atoms. The first-order valence-corrected chi connectivity index (χ1v) is 9.28. The smallest absolute Gasteiger partial charge is 0.327 e. The lowest BCUT2D eigenvalue weighted by Gasteiger charge is -2.16. The monoisotopic (exact) mass is 379 g/mol. The van der Waals surface area contributed by atoms with Crippen LogP contribution in [0.5, 0.6) is 0 Å². The van der Waals surface area contributed by atoms with E-state index < -0.39 is 28.7 Å². The van der Waals surface area contributed by atoms with Crippen molar-refractivity contribution < 1.29 is 27.0 Å². The first kappa shape index (κ1) is 20.1. The maximum absolute atomic E-state index is 12.2. The molecule has 0 amide bonds. The Labute approximate surface area is 153 Å². The van der Waals surface area contributed by atoms with Crippen molar-refractivity contribution in [2.75, 3.05) is 13.7 Å². The SMILES string of the molecule is COC(=O)[C@H](COS(=O)(=O)c1ccc(C)cc1)NOCc1ccccc1. The van der Waals surface area contributed by atoms with Crippen LogP contribution in [0.4, 0.5) is 0 Å². The van der Waals surface area contributed by atoms with Crippen LogP contribution in [-0.2, 0) is 35.3 Å². The summed E-state index contributed by atoms with van der Waals surface area (Å²) < 4.78 is 34.0. The minimum absolute atomic E-state index is 0.0110. The molecular formula is C18H21NO6S. The molecule has 0 aliphatic rings. The number of carbonyl (C=O) groups excluding carboxylic acids is 1. The van der Waals surface area contributed by atoms with Crippen LogP contribution in [0.2, 0.25) is 0 Å². The normalized spacial score (nSPS) is 12.5. The van der Waals surface area contributed by atoms with Gasteiger partial charge in [-0.05, 0) is 24.6 Å². The zero-order valence-electron chi connectivity index (χ0n) is 14.5. The van der Waals surface area contributed by atoms with Crippen molar-refractivity contribution in [1.82, 2.24) is 5.48 Å². The molecular weight excluding hydrogens is 358 g/mol. The van der Waals surface area contributed by atoms with Crippen molar-refractivity contribution in [2.45, 2.75) is 24.5 Å². The highest BCUT2D eigenvalue weighted by molar-refractivity contribution is 7.86. The van der Waals surface area contributed by atoms with Crippen molar-refractivity contribution in [1.29, 1.82) is 0 Å². The number of esters is 1. The summed E-state index contributed by atoms with van der Waals surface area (Å²) in [6.07, 6.45) is 0. The van der Waals surface area contributed by atoms with Gasteiger partial charge in [0.15, 0.2) is 6.04 Å². The molecule has 8 heteroatoms. The highest BCUT2D eigenvalue weighted by Gasteiger charge is 2.24. The van der Waals surface area contributed by atoms with Gasteiger partial charge in [0.2, 0.25) is 0 Å². The Bertz CT molecular complexity index is 805. The van der Waals surface area contributed by atoms with Gasteiger partial charge in [-0.2, -0.15) is 13.9 Å². The van der Waals surface area contributed by atoms with Crippen molar-refractivity contribution >= 4 is 16.1 Å². The third-order valence-electron chi connectivity index (χ3n) is 3.49. The lowest BCUT2D eigenvalue weighted by Crippen LogP contribution is -2.41.